The molecule has 1 aliphatic rings. The van der Waals surface area contributed by atoms with Gasteiger partial charge in [0.25, 0.3) is 0 Å². The van der Waals surface area contributed by atoms with Gasteiger partial charge >= 0.3 is 6.03 Å². The molecule has 1 heterocycles. The Labute approximate surface area is 59.8 Å². The van der Waals surface area contributed by atoms with E-state index >= 15 is 0 Å². The van der Waals surface area contributed by atoms with Gasteiger partial charge in [-0.3, -0.25) is 5.21 Å². The Balaban J connectivity index is 2.57. The van der Waals surface area contributed by atoms with Crippen molar-refractivity contribution in [3.63, 3.8) is 0 Å². The predicted octanol–water partition coefficient (Wildman–Crippen LogP) is 0.568. The Bertz CT molecular complexity index is 149. The first kappa shape index (κ1) is 7.34. The van der Waals surface area contributed by atoms with Crippen LogP contribution in [0.1, 0.15) is 20.3 Å². The van der Waals surface area contributed by atoms with Crippen LogP contribution in [0, 0.1) is 0 Å². The molecule has 0 aromatic heterocycles. The van der Waals surface area contributed by atoms with Crippen LogP contribution in [0.3, 0.4) is 0 Å². The minimum atomic E-state index is -0.397. The SMILES string of the molecule is CC1CC(C)N(O)C(=O)N1. The summed E-state index contributed by atoms with van der Waals surface area (Å²) < 4.78 is 0. The number of carbonyl (C=O) groups excluding carboxylic acids is 1. The lowest BCUT2D eigenvalue weighted by Crippen LogP contribution is -2.53. The summed E-state index contributed by atoms with van der Waals surface area (Å²) in [6, 6.07) is -0.291. The molecule has 4 nitrogen and oxygen atoms in total. The Morgan fingerprint density at radius 2 is 2.30 bits per heavy atom. The summed E-state index contributed by atoms with van der Waals surface area (Å²) in [5, 5.41) is 12.3. The van der Waals surface area contributed by atoms with Crippen LogP contribution in [-0.4, -0.2) is 28.4 Å². The molecular formula is C6H12N2O2. The molecule has 0 aliphatic carbocycles. The van der Waals surface area contributed by atoms with Crippen molar-refractivity contribution in [2.24, 2.45) is 0 Å². The molecule has 0 bridgehead atoms. The molecule has 0 saturated carbocycles. The lowest BCUT2D eigenvalue weighted by molar-refractivity contribution is -0.0877. The first-order valence-corrected chi connectivity index (χ1v) is 3.40. The fraction of sp³-hybridized carbons (Fsp3) is 0.833. The van der Waals surface area contributed by atoms with E-state index in [-0.39, 0.29) is 12.1 Å². The second-order valence-electron chi connectivity index (χ2n) is 2.78. The Kier molecular flexibility index (Phi) is 1.80. The molecule has 1 rings (SSSR count). The maximum absolute atomic E-state index is 10.8. The third kappa shape index (κ3) is 1.21. The van der Waals surface area contributed by atoms with Crippen LogP contribution in [0.4, 0.5) is 4.79 Å². The monoisotopic (exact) mass is 144 g/mol. The van der Waals surface area contributed by atoms with E-state index < -0.39 is 6.03 Å². The fourth-order valence-electron chi connectivity index (χ4n) is 1.15. The molecule has 58 valence electrons. The van der Waals surface area contributed by atoms with E-state index in [1.54, 1.807) is 0 Å². The minimum absolute atomic E-state index is 0.0660. The molecule has 1 aliphatic heterocycles. The second kappa shape index (κ2) is 2.46. The number of urea groups is 1. The van der Waals surface area contributed by atoms with Gasteiger partial charge in [-0.2, -0.15) is 0 Å². The van der Waals surface area contributed by atoms with Crippen molar-refractivity contribution in [3.05, 3.63) is 0 Å². The van der Waals surface area contributed by atoms with Crippen molar-refractivity contribution in [1.82, 2.24) is 10.4 Å². The topological polar surface area (TPSA) is 52.6 Å². The van der Waals surface area contributed by atoms with Gasteiger partial charge in [0.05, 0.1) is 6.04 Å². The number of amides is 2. The van der Waals surface area contributed by atoms with Crippen LogP contribution in [0.15, 0.2) is 0 Å². The average molecular weight is 144 g/mol. The van der Waals surface area contributed by atoms with E-state index in [0.717, 1.165) is 11.5 Å². The van der Waals surface area contributed by atoms with E-state index in [9.17, 15) is 4.79 Å². The highest BCUT2D eigenvalue weighted by atomic mass is 16.5. The molecule has 1 fully saturated rings. The van der Waals surface area contributed by atoms with Gasteiger partial charge < -0.3 is 5.32 Å². The number of hydrogen-bond donors (Lipinski definition) is 2. The summed E-state index contributed by atoms with van der Waals surface area (Å²) in [5.41, 5.74) is 0. The Morgan fingerprint density at radius 3 is 2.80 bits per heavy atom. The van der Waals surface area contributed by atoms with Gasteiger partial charge in [0.2, 0.25) is 0 Å². The summed E-state index contributed by atoms with van der Waals surface area (Å²) in [5.74, 6) is 0. The molecule has 4 heteroatoms. The first-order chi connectivity index (χ1) is 4.61. The van der Waals surface area contributed by atoms with E-state index in [1.165, 1.54) is 0 Å². The van der Waals surface area contributed by atoms with Crippen LogP contribution in [0.5, 0.6) is 0 Å². The molecule has 0 aromatic rings. The van der Waals surface area contributed by atoms with Crippen molar-refractivity contribution in [1.29, 1.82) is 0 Å². The van der Waals surface area contributed by atoms with Gasteiger partial charge in [-0.25, -0.2) is 9.86 Å². The normalized spacial score (nSPS) is 33.9. The molecule has 1 saturated heterocycles. The number of rotatable bonds is 0. The Morgan fingerprint density at radius 1 is 1.70 bits per heavy atom. The van der Waals surface area contributed by atoms with Gasteiger partial charge in [-0.15, -0.1) is 0 Å². The Hall–Kier alpha value is -0.770. The standard InChI is InChI=1S/C6H12N2O2/c1-4-3-5(2)8(10)6(9)7-4/h4-5,10H,3H2,1-2H3,(H,7,9). The molecular weight excluding hydrogens is 132 g/mol. The lowest BCUT2D eigenvalue weighted by atomic mass is 10.1. The molecule has 2 unspecified atom stereocenters. The van der Waals surface area contributed by atoms with Crippen LogP contribution >= 0.6 is 0 Å². The highest BCUT2D eigenvalue weighted by Gasteiger charge is 2.26. The highest BCUT2D eigenvalue weighted by Crippen LogP contribution is 2.09. The molecule has 0 radical (unpaired) electrons. The van der Waals surface area contributed by atoms with E-state index in [0.29, 0.717) is 0 Å². The van der Waals surface area contributed by atoms with Crippen LogP contribution < -0.4 is 5.32 Å². The summed E-state index contributed by atoms with van der Waals surface area (Å²) in [7, 11) is 0. The van der Waals surface area contributed by atoms with Crippen molar-refractivity contribution >= 4 is 6.03 Å². The number of hydrogen-bond acceptors (Lipinski definition) is 2. The quantitative estimate of drug-likeness (QED) is 0.488. The van der Waals surface area contributed by atoms with E-state index in [1.807, 2.05) is 13.8 Å². The highest BCUT2D eigenvalue weighted by molar-refractivity contribution is 5.74. The van der Waals surface area contributed by atoms with Gasteiger partial charge in [-0.05, 0) is 20.3 Å². The van der Waals surface area contributed by atoms with Gasteiger partial charge in [0.1, 0.15) is 0 Å². The average Bonchev–Trinajstić information content (AvgIpc) is 1.82. The van der Waals surface area contributed by atoms with Crippen LogP contribution in [0.25, 0.3) is 0 Å². The van der Waals surface area contributed by atoms with Crippen molar-refractivity contribution in [2.45, 2.75) is 32.4 Å². The van der Waals surface area contributed by atoms with Crippen molar-refractivity contribution in [3.8, 4) is 0 Å². The van der Waals surface area contributed by atoms with Crippen molar-refractivity contribution < 1.29 is 10.0 Å². The molecule has 10 heavy (non-hydrogen) atoms. The maximum atomic E-state index is 10.8. The second-order valence-corrected chi connectivity index (χ2v) is 2.78. The summed E-state index contributed by atoms with van der Waals surface area (Å²) in [6.45, 7) is 3.73. The van der Waals surface area contributed by atoms with E-state index in [4.69, 9.17) is 5.21 Å². The van der Waals surface area contributed by atoms with Crippen LogP contribution in [-0.2, 0) is 0 Å². The zero-order chi connectivity index (χ0) is 7.72. The maximum Gasteiger partial charge on any atom is 0.341 e. The first-order valence-electron chi connectivity index (χ1n) is 3.40. The minimum Gasteiger partial charge on any atom is -0.334 e. The summed E-state index contributed by atoms with van der Waals surface area (Å²) >= 11 is 0. The zero-order valence-electron chi connectivity index (χ0n) is 6.16. The number of nitrogens with zero attached hydrogens (tertiary/aromatic N) is 1. The van der Waals surface area contributed by atoms with Crippen LogP contribution in [0.2, 0.25) is 0 Å². The molecule has 2 amide bonds. The molecule has 0 spiro atoms. The third-order valence-corrected chi connectivity index (χ3v) is 1.69. The summed E-state index contributed by atoms with van der Waals surface area (Å²) in [4.78, 5) is 10.8. The van der Waals surface area contributed by atoms with Gasteiger partial charge in [0, 0.05) is 6.04 Å². The number of nitrogens with one attached hydrogen (secondary N) is 1. The third-order valence-electron chi connectivity index (χ3n) is 1.69. The lowest BCUT2D eigenvalue weighted by Gasteiger charge is -2.31. The largest absolute Gasteiger partial charge is 0.341 e. The van der Waals surface area contributed by atoms with Gasteiger partial charge in [0.15, 0.2) is 0 Å². The summed E-state index contributed by atoms with van der Waals surface area (Å²) in [6.07, 6.45) is 0.794. The van der Waals surface area contributed by atoms with Crippen molar-refractivity contribution in [2.75, 3.05) is 0 Å². The molecule has 2 N–H and O–H groups in total. The molecule has 2 atom stereocenters. The van der Waals surface area contributed by atoms with Gasteiger partial charge in [-0.1, -0.05) is 0 Å². The zero-order valence-corrected chi connectivity index (χ0v) is 6.16. The smallest absolute Gasteiger partial charge is 0.334 e. The number of carbonyl (C=O) groups is 1. The predicted molar refractivity (Wildman–Crippen MR) is 35.7 cm³/mol. The molecule has 0 aromatic carbocycles. The number of hydroxylamine groups is 2. The fourth-order valence-corrected chi connectivity index (χ4v) is 1.15. The van der Waals surface area contributed by atoms with E-state index in [2.05, 4.69) is 5.32 Å².